The molecule has 0 saturated heterocycles. The maximum absolute atomic E-state index is 12.5. The number of benzene rings is 3. The summed E-state index contributed by atoms with van der Waals surface area (Å²) in [6.45, 7) is 0. The normalized spacial score (nSPS) is 11.2. The fraction of sp³-hybridized carbons (Fsp3) is 0.136. The Morgan fingerprint density at radius 1 is 0.654 bits per heavy atom. The Kier molecular flexibility index (Phi) is 5.64. The number of ketones is 1. The van der Waals surface area contributed by atoms with Crippen molar-refractivity contribution in [2.75, 3.05) is 0 Å². The van der Waals surface area contributed by atoms with E-state index in [1.54, 1.807) is 42.5 Å². The summed E-state index contributed by atoms with van der Waals surface area (Å²) in [4.78, 5) is 12.6. The molecule has 0 bridgehead atoms. The van der Waals surface area contributed by atoms with Crippen LogP contribution in [0.25, 0.3) is 0 Å². The molecule has 26 heavy (non-hydrogen) atoms. The lowest BCUT2D eigenvalue weighted by atomic mass is 10.0. The van der Waals surface area contributed by atoms with Gasteiger partial charge in [-0.1, -0.05) is 72.8 Å². The molecule has 0 aliphatic heterocycles. The van der Waals surface area contributed by atoms with Gasteiger partial charge in [0.15, 0.2) is 9.84 Å². The minimum atomic E-state index is -3.39. The average Bonchev–Trinajstić information content (AvgIpc) is 2.63. The highest BCUT2D eigenvalue weighted by molar-refractivity contribution is 7.90. The standard InChI is InChI=1S/C22H20O3S/c23-21(15-18-8-3-1-4-9-18)16-19-10-7-11-20(14-19)17-26(24,25)22-12-5-2-6-13-22/h1-14H,15-17H2. The van der Waals surface area contributed by atoms with Crippen molar-refractivity contribution in [2.45, 2.75) is 23.5 Å². The molecular formula is C22H20O3S. The highest BCUT2D eigenvalue weighted by Gasteiger charge is 2.15. The summed E-state index contributed by atoms with van der Waals surface area (Å²) in [6, 6.07) is 25.3. The van der Waals surface area contributed by atoms with Crippen molar-refractivity contribution in [2.24, 2.45) is 0 Å². The summed E-state index contributed by atoms with van der Waals surface area (Å²) in [5.74, 6) is 0.0387. The molecule has 3 aromatic rings. The minimum Gasteiger partial charge on any atom is -0.299 e. The highest BCUT2D eigenvalue weighted by atomic mass is 32.2. The molecule has 0 unspecified atom stereocenters. The van der Waals surface area contributed by atoms with Crippen molar-refractivity contribution in [3.63, 3.8) is 0 Å². The van der Waals surface area contributed by atoms with Gasteiger partial charge < -0.3 is 0 Å². The zero-order valence-corrected chi connectivity index (χ0v) is 15.2. The zero-order chi connectivity index (χ0) is 18.4. The lowest BCUT2D eigenvalue weighted by Gasteiger charge is -2.07. The fourth-order valence-electron chi connectivity index (χ4n) is 2.87. The Labute approximate surface area is 154 Å². The molecule has 0 spiro atoms. The topological polar surface area (TPSA) is 51.2 Å². The van der Waals surface area contributed by atoms with Crippen LogP contribution in [0.15, 0.2) is 89.8 Å². The van der Waals surface area contributed by atoms with Crippen LogP contribution in [0.4, 0.5) is 0 Å². The van der Waals surface area contributed by atoms with Gasteiger partial charge in [0.1, 0.15) is 5.78 Å². The van der Waals surface area contributed by atoms with E-state index in [1.165, 1.54) is 0 Å². The second kappa shape index (κ2) is 8.11. The van der Waals surface area contributed by atoms with Gasteiger partial charge in [-0.25, -0.2) is 8.42 Å². The summed E-state index contributed by atoms with van der Waals surface area (Å²) in [5, 5.41) is 0. The van der Waals surface area contributed by atoms with Crippen LogP contribution >= 0.6 is 0 Å². The first-order valence-corrected chi connectivity index (χ1v) is 10.1. The smallest absolute Gasteiger partial charge is 0.182 e. The zero-order valence-electron chi connectivity index (χ0n) is 14.3. The van der Waals surface area contributed by atoms with Gasteiger partial charge in [-0.3, -0.25) is 4.79 Å². The molecule has 0 heterocycles. The van der Waals surface area contributed by atoms with Crippen molar-refractivity contribution in [3.8, 4) is 0 Å². The maximum atomic E-state index is 12.5. The number of carbonyl (C=O) groups is 1. The Bertz CT molecular complexity index is 978. The summed E-state index contributed by atoms with van der Waals surface area (Å²) in [5.41, 5.74) is 2.52. The van der Waals surface area contributed by atoms with Gasteiger partial charge in [0.05, 0.1) is 10.6 Å². The molecule has 0 radical (unpaired) electrons. The molecule has 3 rings (SSSR count). The molecule has 0 aliphatic carbocycles. The molecule has 0 atom stereocenters. The van der Waals surface area contributed by atoms with E-state index < -0.39 is 9.84 Å². The van der Waals surface area contributed by atoms with Crippen LogP contribution in [0.2, 0.25) is 0 Å². The van der Waals surface area contributed by atoms with Crippen LogP contribution in [-0.4, -0.2) is 14.2 Å². The van der Waals surface area contributed by atoms with Gasteiger partial charge in [-0.05, 0) is 28.8 Å². The van der Waals surface area contributed by atoms with E-state index in [-0.39, 0.29) is 11.5 Å². The van der Waals surface area contributed by atoms with E-state index in [9.17, 15) is 13.2 Å². The number of Topliss-reactive ketones (excluding diaryl/α,β-unsaturated/α-hetero) is 1. The summed E-state index contributed by atoms with van der Waals surface area (Å²) < 4.78 is 25.0. The third-order valence-electron chi connectivity index (χ3n) is 4.10. The maximum Gasteiger partial charge on any atom is 0.182 e. The predicted molar refractivity (Wildman–Crippen MR) is 103 cm³/mol. The number of hydrogen-bond acceptors (Lipinski definition) is 3. The second-order valence-corrected chi connectivity index (χ2v) is 8.26. The van der Waals surface area contributed by atoms with Crippen molar-refractivity contribution in [1.29, 1.82) is 0 Å². The third kappa shape index (κ3) is 4.90. The number of carbonyl (C=O) groups excluding carboxylic acids is 1. The van der Waals surface area contributed by atoms with E-state index in [4.69, 9.17) is 0 Å². The second-order valence-electron chi connectivity index (χ2n) is 6.27. The largest absolute Gasteiger partial charge is 0.299 e. The van der Waals surface area contributed by atoms with Gasteiger partial charge in [0.2, 0.25) is 0 Å². The van der Waals surface area contributed by atoms with Crippen LogP contribution in [0.5, 0.6) is 0 Å². The molecule has 3 nitrogen and oxygen atoms in total. The SMILES string of the molecule is O=C(Cc1ccccc1)Cc1cccc(CS(=O)(=O)c2ccccc2)c1. The van der Waals surface area contributed by atoms with E-state index in [0.717, 1.165) is 11.1 Å². The van der Waals surface area contributed by atoms with E-state index >= 15 is 0 Å². The predicted octanol–water partition coefficient (Wildman–Crippen LogP) is 4.01. The van der Waals surface area contributed by atoms with Gasteiger partial charge in [0.25, 0.3) is 0 Å². The minimum absolute atomic E-state index is 0.0717. The van der Waals surface area contributed by atoms with E-state index in [2.05, 4.69) is 0 Å². The Morgan fingerprint density at radius 2 is 1.19 bits per heavy atom. The first-order valence-electron chi connectivity index (χ1n) is 8.44. The summed E-state index contributed by atoms with van der Waals surface area (Å²) >= 11 is 0. The van der Waals surface area contributed by atoms with Crippen molar-refractivity contribution in [1.82, 2.24) is 0 Å². The Hall–Kier alpha value is -2.72. The molecule has 0 amide bonds. The lowest BCUT2D eigenvalue weighted by Crippen LogP contribution is -2.08. The quantitative estimate of drug-likeness (QED) is 0.636. The molecule has 4 heteroatoms. The highest BCUT2D eigenvalue weighted by Crippen LogP contribution is 2.17. The van der Waals surface area contributed by atoms with Crippen molar-refractivity contribution < 1.29 is 13.2 Å². The fourth-order valence-corrected chi connectivity index (χ4v) is 4.23. The molecule has 0 N–H and O–H groups in total. The molecule has 132 valence electrons. The van der Waals surface area contributed by atoms with Crippen molar-refractivity contribution in [3.05, 3.63) is 102 Å². The Morgan fingerprint density at radius 3 is 1.88 bits per heavy atom. The molecule has 0 aliphatic rings. The molecular weight excluding hydrogens is 344 g/mol. The molecule has 0 aromatic heterocycles. The average molecular weight is 364 g/mol. The summed E-state index contributed by atoms with van der Waals surface area (Å²) in [6.07, 6.45) is 0.682. The molecule has 0 saturated carbocycles. The molecule has 0 fully saturated rings. The van der Waals surface area contributed by atoms with Crippen LogP contribution in [0, 0.1) is 0 Å². The van der Waals surface area contributed by atoms with Crippen LogP contribution in [-0.2, 0) is 33.2 Å². The van der Waals surface area contributed by atoms with Gasteiger partial charge in [-0.15, -0.1) is 0 Å². The molecule has 3 aromatic carbocycles. The lowest BCUT2D eigenvalue weighted by molar-refractivity contribution is -0.117. The van der Waals surface area contributed by atoms with E-state index in [0.29, 0.717) is 23.3 Å². The Balaban J connectivity index is 1.69. The van der Waals surface area contributed by atoms with Crippen molar-refractivity contribution >= 4 is 15.6 Å². The van der Waals surface area contributed by atoms with Crippen LogP contribution in [0.3, 0.4) is 0 Å². The first-order chi connectivity index (χ1) is 12.5. The summed E-state index contributed by atoms with van der Waals surface area (Å²) in [7, 11) is -3.39. The number of rotatable bonds is 7. The monoisotopic (exact) mass is 364 g/mol. The van der Waals surface area contributed by atoms with Gasteiger partial charge >= 0.3 is 0 Å². The first kappa shape index (κ1) is 18.1. The van der Waals surface area contributed by atoms with E-state index in [1.807, 2.05) is 42.5 Å². The number of sulfone groups is 1. The third-order valence-corrected chi connectivity index (χ3v) is 5.80. The van der Waals surface area contributed by atoms with Gasteiger partial charge in [0, 0.05) is 12.8 Å². The van der Waals surface area contributed by atoms with Crippen LogP contribution < -0.4 is 0 Å². The number of hydrogen-bond donors (Lipinski definition) is 0. The van der Waals surface area contributed by atoms with Crippen LogP contribution in [0.1, 0.15) is 16.7 Å². The van der Waals surface area contributed by atoms with Gasteiger partial charge in [-0.2, -0.15) is 0 Å².